The topological polar surface area (TPSA) is 68.8 Å². The quantitative estimate of drug-likeness (QED) is 0.881. The maximum absolute atomic E-state index is 12.0. The lowest BCUT2D eigenvalue weighted by Crippen LogP contribution is -2.52. The highest BCUT2D eigenvalue weighted by Gasteiger charge is 2.27. The van der Waals surface area contributed by atoms with Crippen molar-refractivity contribution in [1.29, 1.82) is 0 Å². The summed E-state index contributed by atoms with van der Waals surface area (Å²) in [4.78, 5) is 36.0. The molecule has 0 bridgehead atoms. The van der Waals surface area contributed by atoms with Crippen molar-refractivity contribution < 1.29 is 9.59 Å². The van der Waals surface area contributed by atoms with Gasteiger partial charge in [0.05, 0.1) is 12.2 Å². The molecule has 0 aromatic carbocycles. The SMILES string of the molecule is CCCNC(=O)N1CCN(c2nc3c(s2)CN(C(=O)CC)CC3)CC1. The van der Waals surface area contributed by atoms with E-state index in [1.165, 1.54) is 4.88 Å². The van der Waals surface area contributed by atoms with E-state index in [9.17, 15) is 9.59 Å². The molecule has 1 aromatic rings. The van der Waals surface area contributed by atoms with E-state index in [-0.39, 0.29) is 11.9 Å². The summed E-state index contributed by atoms with van der Waals surface area (Å²) in [5.41, 5.74) is 1.14. The van der Waals surface area contributed by atoms with Crippen molar-refractivity contribution in [1.82, 2.24) is 20.1 Å². The number of anilines is 1. The van der Waals surface area contributed by atoms with Crippen molar-refractivity contribution in [2.24, 2.45) is 0 Å². The normalized spacial score (nSPS) is 17.4. The van der Waals surface area contributed by atoms with Crippen LogP contribution < -0.4 is 10.2 Å². The molecular weight excluding hydrogens is 338 g/mol. The third-order valence-corrected chi connectivity index (χ3v) is 5.88. The number of rotatable bonds is 4. The Kier molecular flexibility index (Phi) is 5.78. The van der Waals surface area contributed by atoms with Crippen LogP contribution in [0.3, 0.4) is 0 Å². The first-order chi connectivity index (χ1) is 12.1. The molecule has 1 N–H and O–H groups in total. The minimum absolute atomic E-state index is 0.0358. The predicted octanol–water partition coefficient (Wildman–Crippen LogP) is 1.68. The molecule has 2 aliphatic heterocycles. The van der Waals surface area contributed by atoms with Crippen LogP contribution in [0, 0.1) is 0 Å². The standard InChI is InChI=1S/C17H27N5O2S/c1-3-6-18-16(24)20-8-10-21(11-9-20)17-19-13-5-7-22(15(23)4-2)12-14(13)25-17/h3-12H2,1-2H3,(H,18,24). The van der Waals surface area contributed by atoms with E-state index in [0.29, 0.717) is 13.0 Å². The Morgan fingerprint density at radius 3 is 2.56 bits per heavy atom. The lowest BCUT2D eigenvalue weighted by molar-refractivity contribution is -0.131. The Labute approximate surface area is 153 Å². The summed E-state index contributed by atoms with van der Waals surface area (Å²) in [5, 5.41) is 3.97. The van der Waals surface area contributed by atoms with Crippen molar-refractivity contribution in [2.45, 2.75) is 39.7 Å². The monoisotopic (exact) mass is 365 g/mol. The van der Waals surface area contributed by atoms with Gasteiger partial charge in [0.1, 0.15) is 0 Å². The number of fused-ring (bicyclic) bond motifs is 1. The van der Waals surface area contributed by atoms with Crippen LogP contribution in [0.25, 0.3) is 0 Å². The van der Waals surface area contributed by atoms with Gasteiger partial charge >= 0.3 is 6.03 Å². The molecule has 0 aliphatic carbocycles. The smallest absolute Gasteiger partial charge is 0.317 e. The molecule has 7 nitrogen and oxygen atoms in total. The zero-order valence-corrected chi connectivity index (χ0v) is 15.9. The second kappa shape index (κ2) is 8.03. The van der Waals surface area contributed by atoms with E-state index in [4.69, 9.17) is 4.98 Å². The average molecular weight is 366 g/mol. The van der Waals surface area contributed by atoms with Crippen LogP contribution in [-0.4, -0.2) is 66.0 Å². The van der Waals surface area contributed by atoms with Crippen molar-refractivity contribution in [3.63, 3.8) is 0 Å². The molecule has 0 spiro atoms. The van der Waals surface area contributed by atoms with Gasteiger partial charge in [-0.1, -0.05) is 25.2 Å². The number of hydrogen-bond donors (Lipinski definition) is 1. The first-order valence-electron chi connectivity index (χ1n) is 9.16. The van der Waals surface area contributed by atoms with Crippen molar-refractivity contribution in [3.8, 4) is 0 Å². The molecule has 25 heavy (non-hydrogen) atoms. The lowest BCUT2D eigenvalue weighted by atomic mass is 10.1. The fourth-order valence-corrected chi connectivity index (χ4v) is 4.37. The molecule has 1 aromatic heterocycles. The molecule has 0 atom stereocenters. The van der Waals surface area contributed by atoms with Gasteiger partial charge in [-0.05, 0) is 6.42 Å². The molecule has 3 amide bonds. The molecule has 0 unspecified atom stereocenters. The number of amides is 3. The summed E-state index contributed by atoms with van der Waals surface area (Å²) in [6.45, 7) is 9.22. The second-order valence-electron chi connectivity index (χ2n) is 6.49. The highest BCUT2D eigenvalue weighted by molar-refractivity contribution is 7.15. The molecule has 8 heteroatoms. The molecule has 1 saturated heterocycles. The molecule has 3 rings (SSSR count). The van der Waals surface area contributed by atoms with E-state index in [0.717, 1.165) is 62.9 Å². The summed E-state index contributed by atoms with van der Waals surface area (Å²) < 4.78 is 0. The lowest BCUT2D eigenvalue weighted by Gasteiger charge is -2.34. The maximum atomic E-state index is 12.0. The van der Waals surface area contributed by atoms with E-state index < -0.39 is 0 Å². The summed E-state index contributed by atoms with van der Waals surface area (Å²) >= 11 is 1.70. The number of urea groups is 1. The Morgan fingerprint density at radius 2 is 1.88 bits per heavy atom. The van der Waals surface area contributed by atoms with Crippen molar-refractivity contribution in [3.05, 3.63) is 10.6 Å². The molecule has 138 valence electrons. The minimum Gasteiger partial charge on any atom is -0.345 e. The van der Waals surface area contributed by atoms with Gasteiger partial charge in [0, 0.05) is 57.0 Å². The second-order valence-corrected chi connectivity index (χ2v) is 7.55. The van der Waals surface area contributed by atoms with Crippen molar-refractivity contribution >= 4 is 28.4 Å². The van der Waals surface area contributed by atoms with Crippen LogP contribution in [-0.2, 0) is 17.8 Å². The molecule has 3 heterocycles. The number of carbonyl (C=O) groups excluding carboxylic acids is 2. The van der Waals surface area contributed by atoms with Gasteiger partial charge in [-0.2, -0.15) is 0 Å². The average Bonchev–Trinajstić information content (AvgIpc) is 3.08. The van der Waals surface area contributed by atoms with Crippen LogP contribution in [0.2, 0.25) is 0 Å². The molecule has 0 radical (unpaired) electrons. The van der Waals surface area contributed by atoms with Gasteiger partial charge in [0.15, 0.2) is 5.13 Å². The van der Waals surface area contributed by atoms with Gasteiger partial charge in [-0.15, -0.1) is 0 Å². The number of piperazine rings is 1. The summed E-state index contributed by atoms with van der Waals surface area (Å²) in [5.74, 6) is 0.215. The van der Waals surface area contributed by atoms with Gasteiger partial charge in [-0.25, -0.2) is 9.78 Å². The molecule has 2 aliphatic rings. The van der Waals surface area contributed by atoms with Gasteiger partial charge in [0.25, 0.3) is 0 Å². The number of hydrogen-bond acceptors (Lipinski definition) is 5. The molecular formula is C17H27N5O2S. The fourth-order valence-electron chi connectivity index (χ4n) is 3.20. The zero-order valence-electron chi connectivity index (χ0n) is 15.1. The van der Waals surface area contributed by atoms with Gasteiger partial charge in [0.2, 0.25) is 5.91 Å². The van der Waals surface area contributed by atoms with Crippen LogP contribution in [0.15, 0.2) is 0 Å². The molecule has 1 fully saturated rings. The highest BCUT2D eigenvalue weighted by atomic mass is 32.1. The number of aromatic nitrogens is 1. The van der Waals surface area contributed by atoms with Gasteiger partial charge in [-0.3, -0.25) is 4.79 Å². The number of thiazole rings is 1. The summed E-state index contributed by atoms with van der Waals surface area (Å²) in [6, 6.07) is 0.0358. The first-order valence-corrected chi connectivity index (χ1v) is 9.98. The molecule has 0 saturated carbocycles. The Bertz CT molecular complexity index is 625. The maximum Gasteiger partial charge on any atom is 0.317 e. The number of nitrogens with zero attached hydrogens (tertiary/aromatic N) is 4. The predicted molar refractivity (Wildman–Crippen MR) is 99.0 cm³/mol. The van der Waals surface area contributed by atoms with Crippen LogP contribution in [0.5, 0.6) is 0 Å². The zero-order chi connectivity index (χ0) is 17.8. The fraction of sp³-hybridized carbons (Fsp3) is 0.706. The van der Waals surface area contributed by atoms with Crippen molar-refractivity contribution in [2.75, 3.05) is 44.2 Å². The summed E-state index contributed by atoms with van der Waals surface area (Å²) in [6.07, 6.45) is 2.36. The van der Waals surface area contributed by atoms with E-state index in [1.807, 2.05) is 16.7 Å². The van der Waals surface area contributed by atoms with E-state index in [2.05, 4.69) is 17.1 Å². The Morgan fingerprint density at radius 1 is 1.12 bits per heavy atom. The Balaban J connectivity index is 1.57. The van der Waals surface area contributed by atoms with Crippen LogP contribution >= 0.6 is 11.3 Å². The number of nitrogens with one attached hydrogen (secondary N) is 1. The third-order valence-electron chi connectivity index (χ3n) is 4.74. The third kappa shape index (κ3) is 4.05. The Hall–Kier alpha value is -1.83. The largest absolute Gasteiger partial charge is 0.345 e. The minimum atomic E-state index is 0.0358. The number of carbonyl (C=O) groups is 2. The van der Waals surface area contributed by atoms with E-state index >= 15 is 0 Å². The van der Waals surface area contributed by atoms with Gasteiger partial charge < -0.3 is 20.0 Å². The van der Waals surface area contributed by atoms with Crippen LogP contribution in [0.4, 0.5) is 9.93 Å². The van der Waals surface area contributed by atoms with Crippen LogP contribution in [0.1, 0.15) is 37.3 Å². The van der Waals surface area contributed by atoms with E-state index in [1.54, 1.807) is 11.3 Å². The first kappa shape index (κ1) is 18.0. The highest BCUT2D eigenvalue weighted by Crippen LogP contribution is 2.31. The summed E-state index contributed by atoms with van der Waals surface area (Å²) in [7, 11) is 0.